The first kappa shape index (κ1) is 14.9. The van der Waals surface area contributed by atoms with E-state index in [0.717, 1.165) is 19.5 Å². The highest BCUT2D eigenvalue weighted by Crippen LogP contribution is 2.19. The Balaban J connectivity index is 2.89. The number of rotatable bonds is 7. The van der Waals surface area contributed by atoms with E-state index in [1.807, 2.05) is 11.8 Å². The molecule has 0 bridgehead atoms. The van der Waals surface area contributed by atoms with Crippen LogP contribution in [0.1, 0.15) is 39.7 Å². The van der Waals surface area contributed by atoms with Gasteiger partial charge in [-0.2, -0.15) is 0 Å². The molecule has 0 unspecified atom stereocenters. The molecule has 18 heavy (non-hydrogen) atoms. The Morgan fingerprint density at radius 2 is 2.11 bits per heavy atom. The zero-order valence-electron chi connectivity index (χ0n) is 11.8. The second-order valence-corrected chi connectivity index (χ2v) is 4.72. The van der Waals surface area contributed by atoms with Gasteiger partial charge >= 0.3 is 0 Å². The second-order valence-electron chi connectivity index (χ2n) is 4.72. The Hall–Kier alpha value is -1.16. The van der Waals surface area contributed by atoms with Crippen LogP contribution in [0.3, 0.4) is 0 Å². The van der Waals surface area contributed by atoms with Crippen molar-refractivity contribution in [3.8, 4) is 0 Å². The Labute approximate surface area is 109 Å². The van der Waals surface area contributed by atoms with Crippen LogP contribution in [0.5, 0.6) is 0 Å². The fourth-order valence-corrected chi connectivity index (χ4v) is 1.83. The predicted molar refractivity (Wildman–Crippen MR) is 74.3 cm³/mol. The zero-order valence-corrected chi connectivity index (χ0v) is 11.8. The summed E-state index contributed by atoms with van der Waals surface area (Å²) in [5, 5.41) is 3.23. The molecule has 102 valence electrons. The molecular formula is C14H24FN3. The Morgan fingerprint density at radius 3 is 2.67 bits per heavy atom. The first-order valence-corrected chi connectivity index (χ1v) is 6.71. The quantitative estimate of drug-likeness (QED) is 0.809. The van der Waals surface area contributed by atoms with Crippen molar-refractivity contribution in [1.29, 1.82) is 0 Å². The van der Waals surface area contributed by atoms with Gasteiger partial charge in [0.15, 0.2) is 11.6 Å². The summed E-state index contributed by atoms with van der Waals surface area (Å²) in [5.41, 5.74) is 0.684. The number of halogens is 1. The minimum absolute atomic E-state index is 0.194. The molecule has 4 heteroatoms. The maximum Gasteiger partial charge on any atom is 0.170 e. The summed E-state index contributed by atoms with van der Waals surface area (Å²) in [4.78, 5) is 6.16. The van der Waals surface area contributed by atoms with Gasteiger partial charge in [0.2, 0.25) is 0 Å². The Kier molecular flexibility index (Phi) is 6.05. The fraction of sp³-hybridized carbons (Fsp3) is 0.643. The van der Waals surface area contributed by atoms with Crippen molar-refractivity contribution in [3.05, 3.63) is 23.6 Å². The summed E-state index contributed by atoms with van der Waals surface area (Å²) in [6.07, 6.45) is 2.68. The van der Waals surface area contributed by atoms with Gasteiger partial charge in [0.1, 0.15) is 0 Å². The van der Waals surface area contributed by atoms with Crippen molar-refractivity contribution in [2.75, 3.05) is 18.0 Å². The summed E-state index contributed by atoms with van der Waals surface area (Å²) < 4.78 is 14.3. The summed E-state index contributed by atoms with van der Waals surface area (Å²) in [6.45, 7) is 10.4. The molecule has 1 N–H and O–H groups in total. The van der Waals surface area contributed by atoms with E-state index < -0.39 is 0 Å². The molecule has 0 fully saturated rings. The molecule has 1 aromatic heterocycles. The van der Waals surface area contributed by atoms with Crippen LogP contribution >= 0.6 is 0 Å². The topological polar surface area (TPSA) is 28.2 Å². The molecule has 0 radical (unpaired) electrons. The Bertz CT molecular complexity index is 366. The molecular weight excluding hydrogens is 229 g/mol. The molecule has 0 amide bonds. The van der Waals surface area contributed by atoms with Gasteiger partial charge in [-0.3, -0.25) is 0 Å². The number of hydrogen-bond acceptors (Lipinski definition) is 3. The van der Waals surface area contributed by atoms with Gasteiger partial charge in [-0.05, 0) is 19.4 Å². The summed E-state index contributed by atoms with van der Waals surface area (Å²) in [7, 11) is 0. The van der Waals surface area contributed by atoms with Gasteiger partial charge in [-0.25, -0.2) is 9.37 Å². The lowest BCUT2D eigenvalue weighted by Crippen LogP contribution is -2.27. The number of hydrogen-bond donors (Lipinski definition) is 1. The van der Waals surface area contributed by atoms with Crippen LogP contribution in [0.15, 0.2) is 12.3 Å². The number of pyridine rings is 1. The van der Waals surface area contributed by atoms with Crippen molar-refractivity contribution >= 4 is 5.82 Å². The van der Waals surface area contributed by atoms with Crippen molar-refractivity contribution in [3.63, 3.8) is 0 Å². The number of nitrogens with one attached hydrogen (secondary N) is 1. The van der Waals surface area contributed by atoms with E-state index in [4.69, 9.17) is 0 Å². The van der Waals surface area contributed by atoms with Gasteiger partial charge in [0, 0.05) is 37.4 Å². The molecule has 0 aliphatic carbocycles. The molecule has 0 saturated heterocycles. The maximum atomic E-state index is 14.3. The van der Waals surface area contributed by atoms with Gasteiger partial charge in [-0.1, -0.05) is 20.8 Å². The first-order valence-electron chi connectivity index (χ1n) is 6.71. The lowest BCUT2D eigenvalue weighted by Gasteiger charge is -2.22. The molecule has 3 nitrogen and oxygen atoms in total. The van der Waals surface area contributed by atoms with Gasteiger partial charge in [0.25, 0.3) is 0 Å². The predicted octanol–water partition coefficient (Wildman–Crippen LogP) is 2.96. The SMILES string of the molecule is CCCN(CC)c1nccc(CNC(C)C)c1F. The highest BCUT2D eigenvalue weighted by Gasteiger charge is 2.14. The average molecular weight is 253 g/mol. The van der Waals surface area contributed by atoms with Crippen LogP contribution in [0.2, 0.25) is 0 Å². The largest absolute Gasteiger partial charge is 0.354 e. The van der Waals surface area contributed by atoms with E-state index in [-0.39, 0.29) is 5.82 Å². The highest BCUT2D eigenvalue weighted by molar-refractivity contribution is 5.42. The molecule has 0 aromatic carbocycles. The van der Waals surface area contributed by atoms with Gasteiger partial charge < -0.3 is 10.2 Å². The van der Waals surface area contributed by atoms with Crippen LogP contribution < -0.4 is 10.2 Å². The molecule has 0 spiro atoms. The van der Waals surface area contributed by atoms with Crippen LogP contribution in [-0.4, -0.2) is 24.1 Å². The lowest BCUT2D eigenvalue weighted by molar-refractivity contribution is 0.547. The third-order valence-corrected chi connectivity index (χ3v) is 2.83. The minimum Gasteiger partial charge on any atom is -0.354 e. The van der Waals surface area contributed by atoms with Crippen molar-refractivity contribution < 1.29 is 4.39 Å². The van der Waals surface area contributed by atoms with Crippen molar-refractivity contribution in [1.82, 2.24) is 10.3 Å². The summed E-state index contributed by atoms with van der Waals surface area (Å²) in [6, 6.07) is 2.09. The lowest BCUT2D eigenvalue weighted by atomic mass is 10.2. The molecule has 1 aromatic rings. The smallest absolute Gasteiger partial charge is 0.170 e. The molecule has 1 rings (SSSR count). The molecule has 0 atom stereocenters. The van der Waals surface area contributed by atoms with E-state index >= 15 is 0 Å². The van der Waals surface area contributed by atoms with E-state index in [1.165, 1.54) is 0 Å². The van der Waals surface area contributed by atoms with Crippen LogP contribution in [0, 0.1) is 5.82 Å². The summed E-state index contributed by atoms with van der Waals surface area (Å²) >= 11 is 0. The monoisotopic (exact) mass is 253 g/mol. The van der Waals surface area contributed by atoms with Crippen LogP contribution in [-0.2, 0) is 6.54 Å². The first-order chi connectivity index (χ1) is 8.60. The molecule has 0 aliphatic heterocycles. The van der Waals surface area contributed by atoms with Crippen LogP contribution in [0.25, 0.3) is 0 Å². The average Bonchev–Trinajstić information content (AvgIpc) is 2.35. The molecule has 0 aliphatic rings. The number of nitrogens with zero attached hydrogens (tertiary/aromatic N) is 2. The number of aromatic nitrogens is 1. The van der Waals surface area contributed by atoms with Gasteiger partial charge in [-0.15, -0.1) is 0 Å². The van der Waals surface area contributed by atoms with E-state index in [0.29, 0.717) is 24.0 Å². The maximum absolute atomic E-state index is 14.3. The van der Waals surface area contributed by atoms with E-state index in [9.17, 15) is 4.39 Å². The van der Waals surface area contributed by atoms with Gasteiger partial charge in [0.05, 0.1) is 0 Å². The Morgan fingerprint density at radius 1 is 1.39 bits per heavy atom. The van der Waals surface area contributed by atoms with E-state index in [1.54, 1.807) is 12.3 Å². The summed E-state index contributed by atoms with van der Waals surface area (Å²) in [5.74, 6) is 0.281. The van der Waals surface area contributed by atoms with Crippen molar-refractivity contribution in [2.24, 2.45) is 0 Å². The third-order valence-electron chi connectivity index (χ3n) is 2.83. The highest BCUT2D eigenvalue weighted by atomic mass is 19.1. The fourth-order valence-electron chi connectivity index (χ4n) is 1.83. The van der Waals surface area contributed by atoms with Crippen LogP contribution in [0.4, 0.5) is 10.2 Å². The van der Waals surface area contributed by atoms with E-state index in [2.05, 4.69) is 31.1 Å². The minimum atomic E-state index is -0.194. The second kappa shape index (κ2) is 7.31. The standard InChI is InChI=1S/C14H24FN3/c1-5-9-18(6-2)14-13(15)12(7-8-16-14)10-17-11(3)4/h7-8,11,17H,5-6,9-10H2,1-4H3. The molecule has 1 heterocycles. The third kappa shape index (κ3) is 3.95. The zero-order chi connectivity index (χ0) is 13.5. The number of anilines is 1. The normalized spacial score (nSPS) is 11.0. The van der Waals surface area contributed by atoms with Crippen molar-refractivity contribution in [2.45, 2.75) is 46.7 Å². The molecule has 0 saturated carbocycles.